The van der Waals surface area contributed by atoms with Gasteiger partial charge in [-0.25, -0.2) is 8.42 Å². The van der Waals surface area contributed by atoms with E-state index >= 15 is 0 Å². The maximum Gasteiger partial charge on any atom is 0.416 e. The van der Waals surface area contributed by atoms with Crippen molar-refractivity contribution in [3.8, 4) is 0 Å². The van der Waals surface area contributed by atoms with Gasteiger partial charge in [-0.2, -0.15) is 26.3 Å². The normalized spacial score (nSPS) is 12.5. The summed E-state index contributed by atoms with van der Waals surface area (Å²) in [6.45, 7) is 0. The third-order valence-corrected chi connectivity index (χ3v) is 5.92. The van der Waals surface area contributed by atoms with Crippen LogP contribution < -0.4 is 4.72 Å². The summed E-state index contributed by atoms with van der Waals surface area (Å²) >= 11 is 0.754. The number of anilines is 1. The second kappa shape index (κ2) is 8.38. The van der Waals surface area contributed by atoms with Gasteiger partial charge in [-0.3, -0.25) is 9.52 Å². The number of nitrogens with one attached hydrogen (secondary N) is 1. The van der Waals surface area contributed by atoms with Gasteiger partial charge in [0.1, 0.15) is 0 Å². The van der Waals surface area contributed by atoms with Crippen LogP contribution in [0.5, 0.6) is 0 Å². The number of hydrogen-bond donors (Lipinski definition) is 1. The summed E-state index contributed by atoms with van der Waals surface area (Å²) in [4.78, 5) is 12.1. The summed E-state index contributed by atoms with van der Waals surface area (Å²) in [6.07, 6.45) is -10.4. The Morgan fingerprint density at radius 2 is 1.47 bits per heavy atom. The third-order valence-electron chi connectivity index (χ3n) is 3.53. The molecule has 1 N–H and O–H groups in total. The van der Waals surface area contributed by atoms with E-state index in [1.165, 1.54) is 43.3 Å². The highest BCUT2D eigenvalue weighted by Gasteiger charge is 2.38. The Bertz CT molecular complexity index is 1020. The largest absolute Gasteiger partial charge is 0.416 e. The molecule has 0 unspecified atom stereocenters. The molecule has 164 valence electrons. The Morgan fingerprint density at radius 1 is 0.933 bits per heavy atom. The standard InChI is InChI=1S/C17H14F6N2O3S2/c1-25(2)15(26)29-13-5-3-4-12(9-13)24-30(27,28)14-7-10(16(18,19)20)6-11(8-14)17(21,22)23/h3-9,24H,1-2H3. The van der Waals surface area contributed by atoms with Crippen LogP contribution >= 0.6 is 11.8 Å². The van der Waals surface area contributed by atoms with Crippen molar-refractivity contribution < 1.29 is 39.6 Å². The summed E-state index contributed by atoms with van der Waals surface area (Å²) in [5.74, 6) is 0. The molecule has 0 aliphatic rings. The van der Waals surface area contributed by atoms with Gasteiger partial charge in [-0.1, -0.05) is 6.07 Å². The Hall–Kier alpha value is -2.41. The van der Waals surface area contributed by atoms with E-state index in [0.717, 1.165) is 11.8 Å². The van der Waals surface area contributed by atoms with Gasteiger partial charge in [0.2, 0.25) is 0 Å². The molecule has 0 aromatic heterocycles. The van der Waals surface area contributed by atoms with Crippen LogP contribution in [0.15, 0.2) is 52.3 Å². The van der Waals surface area contributed by atoms with Gasteiger partial charge in [-0.15, -0.1) is 0 Å². The van der Waals surface area contributed by atoms with Crippen LogP contribution in [0, 0.1) is 0 Å². The monoisotopic (exact) mass is 472 g/mol. The fourth-order valence-corrected chi connectivity index (χ4v) is 3.95. The number of sulfonamides is 1. The number of halogens is 6. The molecule has 2 rings (SSSR count). The van der Waals surface area contributed by atoms with Crippen molar-refractivity contribution in [2.24, 2.45) is 0 Å². The van der Waals surface area contributed by atoms with E-state index in [-0.39, 0.29) is 29.1 Å². The lowest BCUT2D eigenvalue weighted by molar-refractivity contribution is -0.143. The van der Waals surface area contributed by atoms with Crippen LogP contribution in [0.25, 0.3) is 0 Å². The highest BCUT2D eigenvalue weighted by molar-refractivity contribution is 8.13. The highest BCUT2D eigenvalue weighted by Crippen LogP contribution is 2.37. The summed E-state index contributed by atoms with van der Waals surface area (Å²) in [5.41, 5.74) is -3.64. The van der Waals surface area contributed by atoms with E-state index in [1.54, 1.807) is 0 Å². The van der Waals surface area contributed by atoms with E-state index in [4.69, 9.17) is 0 Å². The maximum absolute atomic E-state index is 13.0. The average Bonchev–Trinajstić information content (AvgIpc) is 2.59. The van der Waals surface area contributed by atoms with Crippen molar-refractivity contribution >= 4 is 32.7 Å². The minimum atomic E-state index is -5.19. The molecule has 1 amide bonds. The number of carbonyl (C=O) groups is 1. The van der Waals surface area contributed by atoms with Gasteiger partial charge in [0.25, 0.3) is 15.3 Å². The molecule has 30 heavy (non-hydrogen) atoms. The van der Waals surface area contributed by atoms with E-state index in [2.05, 4.69) is 0 Å². The Balaban J connectivity index is 2.44. The Kier molecular flexibility index (Phi) is 6.66. The summed E-state index contributed by atoms with van der Waals surface area (Å²) in [7, 11) is -1.81. The third kappa shape index (κ3) is 6.05. The van der Waals surface area contributed by atoms with Crippen LogP contribution in [0.4, 0.5) is 36.8 Å². The molecule has 0 aliphatic carbocycles. The number of nitrogens with zero attached hydrogens (tertiary/aromatic N) is 1. The van der Waals surface area contributed by atoms with Crippen molar-refractivity contribution in [3.05, 3.63) is 53.6 Å². The van der Waals surface area contributed by atoms with Crippen molar-refractivity contribution in [2.75, 3.05) is 18.8 Å². The number of thioether (sulfide) groups is 1. The predicted molar refractivity (Wildman–Crippen MR) is 98.6 cm³/mol. The fourth-order valence-electron chi connectivity index (χ4n) is 2.11. The van der Waals surface area contributed by atoms with Gasteiger partial charge in [0, 0.05) is 24.7 Å². The molecule has 5 nitrogen and oxygen atoms in total. The van der Waals surface area contributed by atoms with Crippen LogP contribution in [-0.4, -0.2) is 32.7 Å². The topological polar surface area (TPSA) is 66.5 Å². The first kappa shape index (κ1) is 23.9. The smallest absolute Gasteiger partial charge is 0.339 e. The Labute approximate surface area is 172 Å². The minimum Gasteiger partial charge on any atom is -0.339 e. The molecule has 0 radical (unpaired) electrons. The number of benzene rings is 2. The second-order valence-electron chi connectivity index (χ2n) is 6.14. The van der Waals surface area contributed by atoms with E-state index < -0.39 is 38.4 Å². The number of hydrogen-bond acceptors (Lipinski definition) is 4. The number of amides is 1. The average molecular weight is 472 g/mol. The van der Waals surface area contributed by atoms with Crippen LogP contribution in [0.2, 0.25) is 0 Å². The first-order valence-corrected chi connectivity index (χ1v) is 10.2. The zero-order chi connectivity index (χ0) is 22.9. The lowest BCUT2D eigenvalue weighted by Crippen LogP contribution is -2.17. The summed E-state index contributed by atoms with van der Waals surface area (Å²) in [5, 5.41) is -0.372. The van der Waals surface area contributed by atoms with E-state index in [0.29, 0.717) is 4.90 Å². The quantitative estimate of drug-likeness (QED) is 0.485. The zero-order valence-corrected chi connectivity index (χ0v) is 16.9. The molecule has 0 spiro atoms. The molecule has 2 aromatic rings. The van der Waals surface area contributed by atoms with E-state index in [9.17, 15) is 39.6 Å². The lowest BCUT2D eigenvalue weighted by atomic mass is 10.1. The molecule has 0 atom stereocenters. The van der Waals surface area contributed by atoms with Gasteiger partial charge >= 0.3 is 12.4 Å². The van der Waals surface area contributed by atoms with Crippen molar-refractivity contribution in [1.82, 2.24) is 4.90 Å². The highest BCUT2D eigenvalue weighted by atomic mass is 32.2. The van der Waals surface area contributed by atoms with E-state index in [1.807, 2.05) is 4.72 Å². The van der Waals surface area contributed by atoms with Crippen LogP contribution in [0.3, 0.4) is 0 Å². The second-order valence-corrected chi connectivity index (χ2v) is 8.84. The first-order valence-electron chi connectivity index (χ1n) is 7.91. The molecule has 0 saturated heterocycles. The van der Waals surface area contributed by atoms with Crippen molar-refractivity contribution in [3.63, 3.8) is 0 Å². The molecule has 0 fully saturated rings. The Morgan fingerprint density at radius 3 is 1.93 bits per heavy atom. The molecular weight excluding hydrogens is 458 g/mol. The number of rotatable bonds is 4. The maximum atomic E-state index is 13.0. The number of alkyl halides is 6. The van der Waals surface area contributed by atoms with Crippen molar-refractivity contribution in [1.29, 1.82) is 0 Å². The first-order chi connectivity index (χ1) is 13.6. The molecule has 2 aromatic carbocycles. The van der Waals surface area contributed by atoms with Crippen LogP contribution in [-0.2, 0) is 22.4 Å². The SMILES string of the molecule is CN(C)C(=O)Sc1cccc(NS(=O)(=O)c2cc(C(F)(F)F)cc(C(F)(F)F)c2)c1. The number of carbonyl (C=O) groups excluding carboxylic acids is 1. The van der Waals surface area contributed by atoms with Gasteiger partial charge < -0.3 is 4.90 Å². The molecule has 0 saturated carbocycles. The molecule has 0 bridgehead atoms. The molecule has 0 heterocycles. The molecule has 0 aliphatic heterocycles. The minimum absolute atomic E-state index is 0.117. The molecule has 13 heteroatoms. The van der Waals surface area contributed by atoms with Gasteiger partial charge in [0.15, 0.2) is 0 Å². The van der Waals surface area contributed by atoms with Gasteiger partial charge in [0.05, 0.1) is 16.0 Å². The lowest BCUT2D eigenvalue weighted by Gasteiger charge is -2.15. The van der Waals surface area contributed by atoms with Crippen LogP contribution in [0.1, 0.15) is 11.1 Å². The molecular formula is C17H14F6N2O3S2. The fraction of sp³-hybridized carbons (Fsp3) is 0.235. The predicted octanol–water partition coefficient (Wildman–Crippen LogP) is 5.30. The summed E-state index contributed by atoms with van der Waals surface area (Å²) < 4.78 is 105. The zero-order valence-electron chi connectivity index (χ0n) is 15.3. The van der Waals surface area contributed by atoms with Gasteiger partial charge in [-0.05, 0) is 48.2 Å². The van der Waals surface area contributed by atoms with Crippen molar-refractivity contribution in [2.45, 2.75) is 22.1 Å². The summed E-state index contributed by atoms with van der Waals surface area (Å²) in [6, 6.07) is 5.38.